The molecule has 2 aliphatic rings. The summed E-state index contributed by atoms with van der Waals surface area (Å²) in [6, 6.07) is 0.649. The number of carbonyl (C=O) groups excluding carboxylic acids is 1. The van der Waals surface area contributed by atoms with Crippen LogP contribution in [0.2, 0.25) is 0 Å². The number of rotatable bonds is 3. The summed E-state index contributed by atoms with van der Waals surface area (Å²) in [7, 11) is 0. The van der Waals surface area contributed by atoms with Crippen LogP contribution in [0.15, 0.2) is 0 Å². The highest BCUT2D eigenvalue weighted by molar-refractivity contribution is 5.84. The Morgan fingerprint density at radius 1 is 1.38 bits per heavy atom. The van der Waals surface area contributed by atoms with E-state index in [2.05, 4.69) is 4.90 Å². The summed E-state index contributed by atoms with van der Waals surface area (Å²) < 4.78 is 0. The number of amides is 1. The van der Waals surface area contributed by atoms with Gasteiger partial charge in [-0.15, -0.1) is 0 Å². The molecule has 0 spiro atoms. The number of primary amides is 1. The Morgan fingerprint density at radius 3 is 2.75 bits per heavy atom. The maximum atomic E-state index is 11.2. The Kier molecular flexibility index (Phi) is 3.22. The molecule has 0 bridgehead atoms. The Balaban J connectivity index is 1.98. The maximum Gasteiger partial charge on any atom is 0.238 e. The Morgan fingerprint density at radius 2 is 2.06 bits per heavy atom. The van der Waals surface area contributed by atoms with Gasteiger partial charge in [0.15, 0.2) is 0 Å². The van der Waals surface area contributed by atoms with E-state index in [4.69, 9.17) is 11.5 Å². The van der Waals surface area contributed by atoms with Crippen molar-refractivity contribution in [1.29, 1.82) is 0 Å². The lowest BCUT2D eigenvalue weighted by Gasteiger charge is -2.35. The van der Waals surface area contributed by atoms with E-state index in [0.29, 0.717) is 12.6 Å². The van der Waals surface area contributed by atoms with Crippen molar-refractivity contribution in [2.45, 2.75) is 50.6 Å². The molecule has 0 radical (unpaired) electrons. The quantitative estimate of drug-likeness (QED) is 0.732. The van der Waals surface area contributed by atoms with Crippen LogP contribution in [0.1, 0.15) is 39.0 Å². The smallest absolute Gasteiger partial charge is 0.238 e. The lowest BCUT2D eigenvalue weighted by Crippen LogP contribution is -2.57. The molecular formula is C12H23N3O. The summed E-state index contributed by atoms with van der Waals surface area (Å²) in [6.45, 7) is 3.43. The predicted molar refractivity (Wildman–Crippen MR) is 63.7 cm³/mol. The average molecular weight is 225 g/mol. The lowest BCUT2D eigenvalue weighted by atomic mass is 9.85. The van der Waals surface area contributed by atoms with E-state index in [1.54, 1.807) is 6.92 Å². The molecule has 0 aromatic rings. The fourth-order valence-corrected chi connectivity index (χ4v) is 3.20. The number of nitrogens with zero attached hydrogens (tertiary/aromatic N) is 1. The zero-order valence-electron chi connectivity index (χ0n) is 10.1. The van der Waals surface area contributed by atoms with Gasteiger partial charge in [0.25, 0.3) is 0 Å². The molecule has 1 saturated carbocycles. The van der Waals surface area contributed by atoms with Crippen molar-refractivity contribution in [3.05, 3.63) is 0 Å². The molecule has 16 heavy (non-hydrogen) atoms. The first-order valence-corrected chi connectivity index (χ1v) is 6.33. The van der Waals surface area contributed by atoms with Crippen LogP contribution in [-0.4, -0.2) is 35.5 Å². The van der Waals surface area contributed by atoms with Crippen LogP contribution in [0.5, 0.6) is 0 Å². The minimum atomic E-state index is -0.883. The molecule has 4 N–H and O–H groups in total. The Bertz CT molecular complexity index is 277. The van der Waals surface area contributed by atoms with Crippen LogP contribution in [-0.2, 0) is 4.79 Å². The number of carbonyl (C=O) groups is 1. The largest absolute Gasteiger partial charge is 0.368 e. The third-order valence-corrected chi connectivity index (χ3v) is 4.22. The van der Waals surface area contributed by atoms with Gasteiger partial charge in [0.05, 0.1) is 0 Å². The second kappa shape index (κ2) is 4.34. The molecule has 92 valence electrons. The zero-order chi connectivity index (χ0) is 11.8. The maximum absolute atomic E-state index is 11.2. The van der Waals surface area contributed by atoms with Crippen molar-refractivity contribution in [1.82, 2.24) is 4.90 Å². The van der Waals surface area contributed by atoms with Crippen molar-refractivity contribution < 1.29 is 4.79 Å². The first kappa shape index (κ1) is 11.9. The minimum absolute atomic E-state index is 0.397. The van der Waals surface area contributed by atoms with Gasteiger partial charge in [-0.1, -0.05) is 12.8 Å². The van der Waals surface area contributed by atoms with E-state index < -0.39 is 11.4 Å². The summed E-state index contributed by atoms with van der Waals surface area (Å²) in [5, 5.41) is 0. The van der Waals surface area contributed by atoms with Crippen LogP contribution >= 0.6 is 0 Å². The van der Waals surface area contributed by atoms with Gasteiger partial charge in [0.1, 0.15) is 5.54 Å². The van der Waals surface area contributed by atoms with Gasteiger partial charge >= 0.3 is 0 Å². The molecule has 1 saturated heterocycles. The predicted octanol–water partition coefficient (Wildman–Crippen LogP) is 0.454. The number of fused-ring (bicyclic) bond motifs is 1. The van der Waals surface area contributed by atoms with Crippen molar-refractivity contribution >= 4 is 5.91 Å². The molecule has 4 heteroatoms. The molecule has 0 aromatic carbocycles. The molecule has 2 rings (SSSR count). The van der Waals surface area contributed by atoms with Crippen molar-refractivity contribution in [3.63, 3.8) is 0 Å². The van der Waals surface area contributed by atoms with Crippen LogP contribution in [0.3, 0.4) is 0 Å². The molecule has 1 amide bonds. The van der Waals surface area contributed by atoms with Crippen LogP contribution in [0, 0.1) is 5.92 Å². The minimum Gasteiger partial charge on any atom is -0.368 e. The first-order chi connectivity index (χ1) is 7.50. The lowest BCUT2D eigenvalue weighted by molar-refractivity contribution is -0.123. The van der Waals surface area contributed by atoms with Crippen molar-refractivity contribution in [2.24, 2.45) is 17.4 Å². The van der Waals surface area contributed by atoms with Crippen molar-refractivity contribution in [2.75, 3.05) is 13.1 Å². The first-order valence-electron chi connectivity index (χ1n) is 6.33. The van der Waals surface area contributed by atoms with Crippen LogP contribution in [0.4, 0.5) is 0 Å². The molecular weight excluding hydrogens is 202 g/mol. The van der Waals surface area contributed by atoms with Crippen LogP contribution < -0.4 is 11.5 Å². The third kappa shape index (κ3) is 2.23. The zero-order valence-corrected chi connectivity index (χ0v) is 10.1. The molecule has 0 aromatic heterocycles. The average Bonchev–Trinajstić information content (AvgIpc) is 2.61. The van der Waals surface area contributed by atoms with Gasteiger partial charge in [-0.25, -0.2) is 0 Å². The highest BCUT2D eigenvalue weighted by atomic mass is 16.1. The molecule has 2 fully saturated rings. The van der Waals surface area contributed by atoms with Gasteiger partial charge < -0.3 is 11.5 Å². The van der Waals surface area contributed by atoms with Gasteiger partial charge in [0, 0.05) is 12.6 Å². The summed E-state index contributed by atoms with van der Waals surface area (Å²) in [5.41, 5.74) is 10.4. The van der Waals surface area contributed by atoms with E-state index in [9.17, 15) is 4.79 Å². The molecule has 4 nitrogen and oxygen atoms in total. The van der Waals surface area contributed by atoms with E-state index in [1.165, 1.54) is 32.1 Å². The fourth-order valence-electron chi connectivity index (χ4n) is 3.20. The summed E-state index contributed by atoms with van der Waals surface area (Å²) >= 11 is 0. The molecule has 1 aliphatic heterocycles. The van der Waals surface area contributed by atoms with E-state index in [1.807, 2.05) is 0 Å². The fraction of sp³-hybridized carbons (Fsp3) is 0.917. The number of likely N-dealkylation sites (tertiary alicyclic amines) is 1. The Labute approximate surface area is 97.3 Å². The van der Waals surface area contributed by atoms with Gasteiger partial charge in [-0.2, -0.15) is 0 Å². The number of hydrogen-bond donors (Lipinski definition) is 2. The van der Waals surface area contributed by atoms with E-state index in [0.717, 1.165) is 12.5 Å². The summed E-state index contributed by atoms with van der Waals surface area (Å²) in [5.74, 6) is 0.434. The number of nitrogens with two attached hydrogens (primary N) is 2. The van der Waals surface area contributed by atoms with Gasteiger partial charge in [0.2, 0.25) is 5.91 Å². The highest BCUT2D eigenvalue weighted by Gasteiger charge is 2.39. The summed E-state index contributed by atoms with van der Waals surface area (Å²) in [4.78, 5) is 13.6. The standard InChI is InChI=1S/C12H23N3O/c1-12(14,11(13)16)8-15-7-6-9-4-2-3-5-10(9)15/h9-10H,2-8,14H2,1H3,(H2,13,16). The SMILES string of the molecule is CC(N)(CN1CCC2CCCCC21)C(N)=O. The van der Waals surface area contributed by atoms with Gasteiger partial charge in [-0.3, -0.25) is 9.69 Å². The highest BCUT2D eigenvalue weighted by Crippen LogP contribution is 2.36. The van der Waals surface area contributed by atoms with Crippen molar-refractivity contribution in [3.8, 4) is 0 Å². The van der Waals surface area contributed by atoms with E-state index >= 15 is 0 Å². The molecule has 3 unspecified atom stereocenters. The molecule has 3 atom stereocenters. The Hall–Kier alpha value is -0.610. The topological polar surface area (TPSA) is 72.3 Å². The summed E-state index contributed by atoms with van der Waals surface area (Å²) in [6.07, 6.45) is 6.55. The normalized spacial score (nSPS) is 34.4. The third-order valence-electron chi connectivity index (χ3n) is 4.22. The monoisotopic (exact) mass is 225 g/mol. The second-order valence-electron chi connectivity index (χ2n) is 5.65. The molecule has 1 aliphatic carbocycles. The van der Waals surface area contributed by atoms with Gasteiger partial charge in [-0.05, 0) is 38.6 Å². The van der Waals surface area contributed by atoms with Crippen LogP contribution in [0.25, 0.3) is 0 Å². The second-order valence-corrected chi connectivity index (χ2v) is 5.65. The molecule has 1 heterocycles. The van der Waals surface area contributed by atoms with E-state index in [-0.39, 0.29) is 0 Å². The number of hydrogen-bond acceptors (Lipinski definition) is 3.